The van der Waals surface area contributed by atoms with E-state index in [-0.39, 0.29) is 31.0 Å². The second-order valence-corrected chi connectivity index (χ2v) is 9.76. The molecule has 6 rings (SSSR count). The van der Waals surface area contributed by atoms with Crippen molar-refractivity contribution >= 4 is 49.7 Å². The van der Waals surface area contributed by atoms with Crippen molar-refractivity contribution in [2.75, 3.05) is 18.4 Å². The fourth-order valence-electron chi connectivity index (χ4n) is 4.88. The molecule has 1 aliphatic carbocycles. The lowest BCUT2D eigenvalue weighted by molar-refractivity contribution is -0.142. The number of likely N-dealkylation sites (tertiary alicyclic amines) is 1. The zero-order valence-corrected chi connectivity index (χ0v) is 20.1. The Hall–Kier alpha value is -3.65. The smallest absolute Gasteiger partial charge is 0.225 e. The average molecular weight is 535 g/mol. The average Bonchev–Trinajstić information content (AvgIpc) is 3.45. The third-order valence-electron chi connectivity index (χ3n) is 6.70. The minimum atomic E-state index is -0.887. The van der Waals surface area contributed by atoms with Gasteiger partial charge in [-0.3, -0.25) is 9.78 Å². The van der Waals surface area contributed by atoms with Crippen LogP contribution in [0.4, 0.5) is 10.3 Å². The second kappa shape index (κ2) is 8.53. The molecule has 11 heteroatoms. The maximum atomic E-state index is 13.1. The summed E-state index contributed by atoms with van der Waals surface area (Å²) in [7, 11) is 0. The van der Waals surface area contributed by atoms with Gasteiger partial charge in [-0.1, -0.05) is 6.07 Å². The normalized spacial score (nSPS) is 20.2. The van der Waals surface area contributed by atoms with Crippen molar-refractivity contribution in [3.8, 4) is 11.8 Å². The highest BCUT2D eigenvalue weighted by Crippen LogP contribution is 2.32. The molecule has 2 fully saturated rings. The lowest BCUT2D eigenvalue weighted by Gasteiger charge is -2.36. The summed E-state index contributed by atoms with van der Waals surface area (Å²) in [6, 6.07) is 9.66. The molecule has 35 heavy (non-hydrogen) atoms. The van der Waals surface area contributed by atoms with E-state index in [1.807, 2.05) is 18.2 Å². The Morgan fingerprint density at radius 2 is 2.11 bits per heavy atom. The van der Waals surface area contributed by atoms with Gasteiger partial charge in [-0.15, -0.1) is 0 Å². The van der Waals surface area contributed by atoms with E-state index in [0.717, 1.165) is 23.6 Å². The summed E-state index contributed by atoms with van der Waals surface area (Å²) in [5.74, 6) is 0.389. The molecule has 0 radical (unpaired) electrons. The molecule has 2 aliphatic rings. The molecule has 1 amide bonds. The number of benzene rings is 1. The minimum Gasteiger partial charge on any atom is -0.351 e. The first-order valence-corrected chi connectivity index (χ1v) is 12.2. The molecule has 0 bridgehead atoms. The summed E-state index contributed by atoms with van der Waals surface area (Å²) >= 11 is 3.49. The fraction of sp³-hybridized carbons (Fsp3) is 0.333. The van der Waals surface area contributed by atoms with Gasteiger partial charge in [-0.2, -0.15) is 15.3 Å². The fourth-order valence-corrected chi connectivity index (χ4v) is 5.32. The number of amides is 1. The zero-order valence-electron chi connectivity index (χ0n) is 18.5. The number of nitrogens with zero attached hydrogens (tertiary/aromatic N) is 7. The summed E-state index contributed by atoms with van der Waals surface area (Å²) < 4.78 is 15.4. The Balaban J connectivity index is 1.28. The van der Waals surface area contributed by atoms with E-state index >= 15 is 0 Å². The van der Waals surface area contributed by atoms with Crippen LogP contribution in [0.2, 0.25) is 0 Å². The van der Waals surface area contributed by atoms with E-state index in [1.54, 1.807) is 28.0 Å². The van der Waals surface area contributed by atoms with E-state index in [9.17, 15) is 14.4 Å². The molecule has 1 aliphatic heterocycles. The molecule has 1 N–H and O–H groups in total. The van der Waals surface area contributed by atoms with E-state index in [0.29, 0.717) is 39.4 Å². The maximum absolute atomic E-state index is 13.1. The quantitative estimate of drug-likeness (QED) is 0.424. The summed E-state index contributed by atoms with van der Waals surface area (Å²) in [4.78, 5) is 27.6. The van der Waals surface area contributed by atoms with E-state index in [2.05, 4.69) is 42.4 Å². The Morgan fingerprint density at radius 3 is 2.91 bits per heavy atom. The molecule has 4 aromatic rings. The van der Waals surface area contributed by atoms with Crippen LogP contribution in [0.15, 0.2) is 41.3 Å². The van der Waals surface area contributed by atoms with Gasteiger partial charge in [-0.25, -0.2) is 14.1 Å². The van der Waals surface area contributed by atoms with Crippen LogP contribution in [0.25, 0.3) is 27.6 Å². The number of hydrogen-bond donors (Lipinski definition) is 1. The van der Waals surface area contributed by atoms with Crippen LogP contribution in [0.1, 0.15) is 24.8 Å². The number of hydrogen-bond acceptors (Lipinski definition) is 7. The molecule has 176 valence electrons. The number of carbonyl (C=O) groups excluding carboxylic acids is 1. The number of anilines is 1. The largest absolute Gasteiger partial charge is 0.351 e. The van der Waals surface area contributed by atoms with Crippen LogP contribution in [-0.4, -0.2) is 60.8 Å². The number of pyridine rings is 1. The zero-order chi connectivity index (χ0) is 24.1. The van der Waals surface area contributed by atoms with Crippen molar-refractivity contribution in [3.05, 3.63) is 46.8 Å². The van der Waals surface area contributed by atoms with Crippen molar-refractivity contribution in [1.29, 1.82) is 5.26 Å². The van der Waals surface area contributed by atoms with Crippen LogP contribution in [-0.2, 0) is 4.79 Å². The highest BCUT2D eigenvalue weighted by Gasteiger charge is 2.38. The molecule has 1 saturated heterocycles. The Labute approximate surface area is 208 Å². The van der Waals surface area contributed by atoms with Gasteiger partial charge in [0.1, 0.15) is 16.8 Å². The van der Waals surface area contributed by atoms with Gasteiger partial charge in [0.25, 0.3) is 0 Å². The first-order valence-electron chi connectivity index (χ1n) is 11.4. The number of nitrogens with one attached hydrogen (secondary N) is 1. The van der Waals surface area contributed by atoms with Crippen LogP contribution in [0, 0.1) is 17.2 Å². The SMILES string of the molecule is N#Cc1cc(-n2nc(Br)c3cnc(N[C@@H]4CC[C@@H](C(=O)N5CC(F)C5)C4)nc32)cc2cccnc12. The Bertz CT molecular complexity index is 1510. The van der Waals surface area contributed by atoms with Gasteiger partial charge in [0.2, 0.25) is 11.9 Å². The second-order valence-electron chi connectivity index (χ2n) is 9.01. The number of nitriles is 1. The van der Waals surface area contributed by atoms with E-state index < -0.39 is 6.17 Å². The summed E-state index contributed by atoms with van der Waals surface area (Å²) in [6.45, 7) is 0.425. The van der Waals surface area contributed by atoms with Crippen molar-refractivity contribution in [1.82, 2.24) is 29.6 Å². The van der Waals surface area contributed by atoms with Crippen LogP contribution in [0.5, 0.6) is 0 Å². The molecule has 0 unspecified atom stereocenters. The Morgan fingerprint density at radius 1 is 1.26 bits per heavy atom. The molecule has 4 heterocycles. The van der Waals surface area contributed by atoms with Gasteiger partial charge in [-0.05, 0) is 53.4 Å². The van der Waals surface area contributed by atoms with Gasteiger partial charge < -0.3 is 10.2 Å². The van der Waals surface area contributed by atoms with E-state index in [4.69, 9.17) is 4.98 Å². The summed E-state index contributed by atoms with van der Waals surface area (Å²) in [5.41, 5.74) is 2.36. The third-order valence-corrected chi connectivity index (χ3v) is 7.28. The third kappa shape index (κ3) is 3.87. The molecule has 0 spiro atoms. The molecule has 3 aromatic heterocycles. The van der Waals surface area contributed by atoms with Crippen LogP contribution < -0.4 is 5.32 Å². The summed E-state index contributed by atoms with van der Waals surface area (Å²) in [6.07, 6.45) is 4.72. The van der Waals surface area contributed by atoms with E-state index in [1.165, 1.54) is 0 Å². The van der Waals surface area contributed by atoms with Crippen molar-refractivity contribution in [2.45, 2.75) is 31.5 Å². The standard InChI is InChI=1S/C24H20BrFN8O/c25-21-19-10-29-24(30-17-4-3-14(6-17)23(35)33-11-16(26)12-33)31-22(19)34(32-21)18-7-13-2-1-5-28-20(13)15(8-18)9-27/h1-2,5,7-8,10,14,16-17H,3-4,6,11-12H2,(H,29,30,31)/t14-,17-/m1/s1. The van der Waals surface area contributed by atoms with Crippen molar-refractivity contribution in [3.63, 3.8) is 0 Å². The van der Waals surface area contributed by atoms with Gasteiger partial charge >= 0.3 is 0 Å². The first kappa shape index (κ1) is 21.9. The van der Waals surface area contributed by atoms with Crippen LogP contribution >= 0.6 is 15.9 Å². The maximum Gasteiger partial charge on any atom is 0.225 e. The predicted molar refractivity (Wildman–Crippen MR) is 131 cm³/mol. The topological polar surface area (TPSA) is 113 Å². The number of halogens is 2. The molecular weight excluding hydrogens is 515 g/mol. The number of rotatable bonds is 4. The first-order chi connectivity index (χ1) is 17.0. The molecule has 9 nitrogen and oxygen atoms in total. The monoisotopic (exact) mass is 534 g/mol. The number of fused-ring (bicyclic) bond motifs is 2. The molecule has 1 aromatic carbocycles. The Kier molecular flexibility index (Phi) is 5.33. The number of alkyl halides is 1. The molecule has 2 atom stereocenters. The number of aromatic nitrogens is 5. The lowest BCUT2D eigenvalue weighted by Crippen LogP contribution is -2.53. The lowest BCUT2D eigenvalue weighted by atomic mass is 10.0. The predicted octanol–water partition coefficient (Wildman–Crippen LogP) is 3.76. The van der Waals surface area contributed by atoms with Crippen LogP contribution in [0.3, 0.4) is 0 Å². The highest BCUT2D eigenvalue weighted by molar-refractivity contribution is 9.10. The van der Waals surface area contributed by atoms with Crippen molar-refractivity contribution in [2.24, 2.45) is 5.92 Å². The molecule has 1 saturated carbocycles. The van der Waals surface area contributed by atoms with Gasteiger partial charge in [0, 0.05) is 29.7 Å². The van der Waals surface area contributed by atoms with Gasteiger partial charge in [0.05, 0.1) is 35.2 Å². The van der Waals surface area contributed by atoms with Gasteiger partial charge in [0.15, 0.2) is 5.65 Å². The number of carbonyl (C=O) groups is 1. The summed E-state index contributed by atoms with van der Waals surface area (Å²) in [5, 5.41) is 19.2. The highest BCUT2D eigenvalue weighted by atomic mass is 79.9. The minimum absolute atomic E-state index is 0.0423. The molecular formula is C24H20BrFN8O. The van der Waals surface area contributed by atoms with Crippen molar-refractivity contribution < 1.29 is 9.18 Å².